The van der Waals surface area contributed by atoms with Crippen molar-refractivity contribution in [2.24, 2.45) is 5.92 Å². The number of para-hydroxylation sites is 2. The molecule has 0 bridgehead atoms. The summed E-state index contributed by atoms with van der Waals surface area (Å²) in [6.07, 6.45) is 2.02. The summed E-state index contributed by atoms with van der Waals surface area (Å²) in [6.45, 7) is 3.93. The number of methoxy groups -OCH3 is 1. The molecule has 1 aliphatic rings. The molecule has 1 fully saturated rings. The van der Waals surface area contributed by atoms with Crippen LogP contribution in [0.1, 0.15) is 32.2 Å². The number of piperidine rings is 1. The van der Waals surface area contributed by atoms with Gasteiger partial charge < -0.3 is 19.4 Å². The highest BCUT2D eigenvalue weighted by molar-refractivity contribution is 5.84. The maximum absolute atomic E-state index is 12.9. The Morgan fingerprint density at radius 1 is 1.29 bits per heavy atom. The minimum atomic E-state index is -0.657. The van der Waals surface area contributed by atoms with Crippen LogP contribution in [0.3, 0.4) is 0 Å². The highest BCUT2D eigenvalue weighted by Crippen LogP contribution is 2.22. The van der Waals surface area contributed by atoms with Gasteiger partial charge in [0.05, 0.1) is 5.52 Å². The first kappa shape index (κ1) is 20.1. The molecule has 0 aliphatic carbocycles. The fourth-order valence-electron chi connectivity index (χ4n) is 3.66. The van der Waals surface area contributed by atoms with Crippen molar-refractivity contribution in [1.82, 2.24) is 14.8 Å². The van der Waals surface area contributed by atoms with Crippen LogP contribution in [0, 0.1) is 5.92 Å². The predicted molar refractivity (Wildman–Crippen MR) is 104 cm³/mol. The number of nitrogens with one attached hydrogen (secondary N) is 1. The second-order valence-electron chi connectivity index (χ2n) is 7.12. The third-order valence-electron chi connectivity index (χ3n) is 5.27. The van der Waals surface area contributed by atoms with Crippen molar-refractivity contribution in [3.05, 3.63) is 34.8 Å². The molecule has 1 unspecified atom stereocenters. The van der Waals surface area contributed by atoms with E-state index in [0.717, 1.165) is 6.42 Å². The van der Waals surface area contributed by atoms with Gasteiger partial charge in [0.15, 0.2) is 5.58 Å². The molecule has 1 atom stereocenters. The zero-order valence-electron chi connectivity index (χ0n) is 16.3. The molecule has 8 nitrogen and oxygen atoms in total. The molecule has 3 rings (SSSR count). The number of rotatable bonds is 7. The number of ether oxygens (including phenoxy) is 1. The van der Waals surface area contributed by atoms with Gasteiger partial charge >= 0.3 is 5.76 Å². The van der Waals surface area contributed by atoms with Crippen LogP contribution in [0.4, 0.5) is 0 Å². The lowest BCUT2D eigenvalue weighted by Crippen LogP contribution is -2.45. The molecule has 0 spiro atoms. The minimum Gasteiger partial charge on any atom is -0.408 e. The Labute approximate surface area is 163 Å². The Kier molecular flexibility index (Phi) is 6.51. The van der Waals surface area contributed by atoms with E-state index in [1.54, 1.807) is 37.1 Å². The predicted octanol–water partition coefficient (Wildman–Crippen LogP) is 1.55. The van der Waals surface area contributed by atoms with Gasteiger partial charge in [0, 0.05) is 39.3 Å². The lowest BCUT2D eigenvalue weighted by Gasteiger charge is -2.33. The summed E-state index contributed by atoms with van der Waals surface area (Å²) >= 11 is 0. The van der Waals surface area contributed by atoms with E-state index >= 15 is 0 Å². The lowest BCUT2D eigenvalue weighted by molar-refractivity contribution is -0.138. The van der Waals surface area contributed by atoms with Gasteiger partial charge in [-0.2, -0.15) is 0 Å². The molecule has 28 heavy (non-hydrogen) atoms. The van der Waals surface area contributed by atoms with Crippen molar-refractivity contribution in [3.63, 3.8) is 0 Å². The number of aromatic nitrogens is 1. The third kappa shape index (κ3) is 4.27. The van der Waals surface area contributed by atoms with Gasteiger partial charge in [0.25, 0.3) is 0 Å². The van der Waals surface area contributed by atoms with Crippen LogP contribution in [0.5, 0.6) is 0 Å². The number of hydrogen-bond acceptors (Lipinski definition) is 5. The van der Waals surface area contributed by atoms with E-state index in [1.807, 2.05) is 6.07 Å². The molecule has 2 amide bonds. The van der Waals surface area contributed by atoms with E-state index in [1.165, 1.54) is 4.57 Å². The number of fused-ring (bicyclic) bond motifs is 1. The van der Waals surface area contributed by atoms with Crippen LogP contribution in [-0.4, -0.2) is 54.6 Å². The van der Waals surface area contributed by atoms with Crippen molar-refractivity contribution in [2.75, 3.05) is 33.4 Å². The van der Waals surface area contributed by atoms with E-state index in [2.05, 4.69) is 5.32 Å². The zero-order valence-corrected chi connectivity index (χ0v) is 16.3. The molecule has 2 heterocycles. The number of nitrogens with zero attached hydrogens (tertiary/aromatic N) is 2. The van der Waals surface area contributed by atoms with Gasteiger partial charge in [-0.15, -0.1) is 0 Å². The molecular weight excluding hydrogens is 362 g/mol. The van der Waals surface area contributed by atoms with Crippen LogP contribution < -0.4 is 11.1 Å². The molecule has 1 aromatic carbocycles. The number of carbonyl (C=O) groups excluding carboxylic acids is 2. The van der Waals surface area contributed by atoms with E-state index in [0.29, 0.717) is 50.2 Å². The topological polar surface area (TPSA) is 93.8 Å². The number of oxazole rings is 1. The smallest absolute Gasteiger partial charge is 0.408 e. The van der Waals surface area contributed by atoms with Crippen molar-refractivity contribution >= 4 is 22.9 Å². The monoisotopic (exact) mass is 389 g/mol. The largest absolute Gasteiger partial charge is 0.420 e. The van der Waals surface area contributed by atoms with Crippen LogP contribution >= 0.6 is 0 Å². The number of benzene rings is 1. The summed E-state index contributed by atoms with van der Waals surface area (Å²) in [4.78, 5) is 39.1. The third-order valence-corrected chi connectivity index (χ3v) is 5.27. The quantitative estimate of drug-likeness (QED) is 0.725. The molecule has 1 aliphatic heterocycles. The maximum Gasteiger partial charge on any atom is 0.420 e. The second-order valence-corrected chi connectivity index (χ2v) is 7.12. The van der Waals surface area contributed by atoms with Crippen molar-refractivity contribution in [2.45, 2.75) is 32.2 Å². The SMILES string of the molecule is COCCCNC(=O)C1CCN(C(=O)C(C)n2c(=O)oc3ccccc32)CC1. The molecular formula is C20H27N3O5. The van der Waals surface area contributed by atoms with Crippen molar-refractivity contribution in [3.8, 4) is 0 Å². The summed E-state index contributed by atoms with van der Waals surface area (Å²) in [6, 6.07) is 6.41. The molecule has 1 N–H and O–H groups in total. The van der Waals surface area contributed by atoms with Gasteiger partial charge in [-0.25, -0.2) is 4.79 Å². The van der Waals surface area contributed by atoms with Crippen LogP contribution in [0.25, 0.3) is 11.1 Å². The lowest BCUT2D eigenvalue weighted by atomic mass is 9.95. The number of carbonyl (C=O) groups is 2. The Morgan fingerprint density at radius 2 is 2.00 bits per heavy atom. The summed E-state index contributed by atoms with van der Waals surface area (Å²) in [5, 5.41) is 2.92. The van der Waals surface area contributed by atoms with Crippen LogP contribution in [0.2, 0.25) is 0 Å². The van der Waals surface area contributed by atoms with E-state index in [-0.39, 0.29) is 17.7 Å². The highest BCUT2D eigenvalue weighted by atomic mass is 16.5. The Morgan fingerprint density at radius 3 is 2.71 bits per heavy atom. The first-order chi connectivity index (χ1) is 13.5. The standard InChI is InChI=1S/C20H27N3O5/c1-14(23-16-6-3-4-7-17(16)28-20(23)26)19(25)22-11-8-15(9-12-22)18(24)21-10-5-13-27-2/h3-4,6-7,14-15H,5,8-13H2,1-2H3,(H,21,24). The molecule has 2 aromatic rings. The second kappa shape index (κ2) is 9.05. The first-order valence-electron chi connectivity index (χ1n) is 9.68. The number of hydrogen-bond donors (Lipinski definition) is 1. The average Bonchev–Trinajstić information content (AvgIpc) is 3.05. The fourth-order valence-corrected chi connectivity index (χ4v) is 3.66. The van der Waals surface area contributed by atoms with Gasteiger partial charge in [-0.3, -0.25) is 14.2 Å². The van der Waals surface area contributed by atoms with E-state index in [9.17, 15) is 14.4 Å². The number of likely N-dealkylation sites (tertiary alicyclic amines) is 1. The normalized spacial score (nSPS) is 16.3. The van der Waals surface area contributed by atoms with Crippen LogP contribution in [-0.2, 0) is 14.3 Å². The summed E-state index contributed by atoms with van der Waals surface area (Å²) < 4.78 is 11.6. The summed E-state index contributed by atoms with van der Waals surface area (Å²) in [5.74, 6) is -0.715. The zero-order chi connectivity index (χ0) is 20.1. The highest BCUT2D eigenvalue weighted by Gasteiger charge is 2.31. The van der Waals surface area contributed by atoms with Crippen LogP contribution in [0.15, 0.2) is 33.5 Å². The molecule has 0 saturated carbocycles. The van der Waals surface area contributed by atoms with Gasteiger partial charge in [0.2, 0.25) is 11.8 Å². The fraction of sp³-hybridized carbons (Fsp3) is 0.550. The summed E-state index contributed by atoms with van der Waals surface area (Å²) in [5.41, 5.74) is 1.08. The maximum atomic E-state index is 12.9. The van der Waals surface area contributed by atoms with Crippen molar-refractivity contribution < 1.29 is 18.7 Å². The Bertz CT molecular complexity index is 879. The molecule has 8 heteroatoms. The van der Waals surface area contributed by atoms with Gasteiger partial charge in [-0.05, 0) is 38.3 Å². The molecule has 152 valence electrons. The van der Waals surface area contributed by atoms with Gasteiger partial charge in [0.1, 0.15) is 6.04 Å². The first-order valence-corrected chi connectivity index (χ1v) is 9.68. The van der Waals surface area contributed by atoms with E-state index < -0.39 is 11.8 Å². The number of amides is 2. The van der Waals surface area contributed by atoms with E-state index in [4.69, 9.17) is 9.15 Å². The average molecular weight is 389 g/mol. The Hall–Kier alpha value is -2.61. The molecule has 1 saturated heterocycles. The molecule has 1 aromatic heterocycles. The van der Waals surface area contributed by atoms with Crippen molar-refractivity contribution in [1.29, 1.82) is 0 Å². The minimum absolute atomic E-state index is 0.0355. The van der Waals surface area contributed by atoms with Gasteiger partial charge in [-0.1, -0.05) is 12.1 Å². The molecule has 0 radical (unpaired) electrons. The summed E-state index contributed by atoms with van der Waals surface area (Å²) in [7, 11) is 1.63. The Balaban J connectivity index is 1.58.